The van der Waals surface area contributed by atoms with E-state index in [0.717, 1.165) is 0 Å². The zero-order valence-electron chi connectivity index (χ0n) is 4.84. The summed E-state index contributed by atoms with van der Waals surface area (Å²) in [5.41, 5.74) is 0. The van der Waals surface area contributed by atoms with E-state index in [1.807, 2.05) is 0 Å². The van der Waals surface area contributed by atoms with Gasteiger partial charge in [0, 0.05) is 6.42 Å². The minimum absolute atomic E-state index is 0.0660. The maximum absolute atomic E-state index is 11.0. The van der Waals surface area contributed by atoms with Crippen molar-refractivity contribution in [3.63, 3.8) is 0 Å². The fourth-order valence-corrected chi connectivity index (χ4v) is 0.200. The fourth-order valence-electron chi connectivity index (χ4n) is 0.200. The summed E-state index contributed by atoms with van der Waals surface area (Å²) in [6.45, 7) is 3.05. The predicted molar refractivity (Wildman–Crippen MR) is 34.7 cm³/mol. The molecule has 0 aliphatic heterocycles. The third kappa shape index (κ3) is 17.6. The number of halogens is 4. The van der Waals surface area contributed by atoms with Gasteiger partial charge in [0.1, 0.15) is 0 Å². The molecule has 0 amide bonds. The molecule has 0 aliphatic rings. The molecular formula is C4H6F3IZn. The van der Waals surface area contributed by atoms with Gasteiger partial charge in [-0.15, -0.1) is 0 Å². The van der Waals surface area contributed by atoms with E-state index in [9.17, 15) is 13.2 Å². The fraction of sp³-hybridized carbons (Fsp3) is 0.750. The van der Waals surface area contributed by atoms with Gasteiger partial charge in [0.25, 0.3) is 0 Å². The molecule has 0 aromatic rings. The van der Waals surface area contributed by atoms with Crippen molar-refractivity contribution in [2.75, 3.05) is 0 Å². The molecule has 0 saturated carbocycles. The second-order valence-electron chi connectivity index (χ2n) is 1.22. The third-order valence-corrected chi connectivity index (χ3v) is 0.460. The van der Waals surface area contributed by atoms with Crippen LogP contribution in [-0.2, 0) is 14.8 Å². The van der Waals surface area contributed by atoms with Gasteiger partial charge >= 0.3 is 40.7 Å². The first-order valence-electron chi connectivity index (χ1n) is 2.19. The summed E-state index contributed by atoms with van der Waals surface area (Å²) in [6.07, 6.45) is -4.85. The van der Waals surface area contributed by atoms with Gasteiger partial charge in [0.15, 0.2) is 0 Å². The van der Waals surface area contributed by atoms with Crippen LogP contribution in [0.15, 0.2) is 0 Å². The standard InChI is InChI=1S/C4H6F3.HI.Zn/c1-2-3-4(5,6)7;;/h1-3H2;1H;/q-1;;+2/p-1. The van der Waals surface area contributed by atoms with Gasteiger partial charge in [0.2, 0.25) is 0 Å². The molecule has 0 heterocycles. The zero-order valence-corrected chi connectivity index (χ0v) is 9.96. The van der Waals surface area contributed by atoms with Crippen LogP contribution in [0.2, 0.25) is 0 Å². The van der Waals surface area contributed by atoms with Crippen LogP contribution in [0.3, 0.4) is 0 Å². The molecule has 0 unspecified atom stereocenters. The number of hydrogen-bond donors (Lipinski definition) is 0. The number of alkyl halides is 3. The van der Waals surface area contributed by atoms with E-state index in [-0.39, 0.29) is 6.42 Å². The van der Waals surface area contributed by atoms with E-state index in [2.05, 4.69) is 26.7 Å². The quantitative estimate of drug-likeness (QED) is 0.397. The molecule has 0 bridgehead atoms. The van der Waals surface area contributed by atoms with Crippen molar-refractivity contribution in [1.29, 1.82) is 0 Å². The summed E-state index contributed by atoms with van der Waals surface area (Å²) < 4.78 is 33.0. The Morgan fingerprint density at radius 3 is 1.67 bits per heavy atom. The summed E-state index contributed by atoms with van der Waals surface area (Å²) in [6, 6.07) is 0. The molecule has 0 rings (SSSR count). The van der Waals surface area contributed by atoms with Crippen LogP contribution in [-0.4, -0.2) is 6.18 Å². The number of rotatable bonds is 1. The molecule has 9 heavy (non-hydrogen) atoms. The van der Waals surface area contributed by atoms with E-state index in [1.54, 1.807) is 0 Å². The molecule has 52 valence electrons. The van der Waals surface area contributed by atoms with Gasteiger partial charge in [-0.05, 0) is 0 Å². The van der Waals surface area contributed by atoms with Crippen LogP contribution in [0.1, 0.15) is 12.8 Å². The molecule has 0 aliphatic carbocycles. The van der Waals surface area contributed by atoms with Crippen LogP contribution < -0.4 is 0 Å². The van der Waals surface area contributed by atoms with Gasteiger partial charge in [-0.1, -0.05) is 0 Å². The summed E-state index contributed by atoms with van der Waals surface area (Å²) >= 11 is 3.62. The molecule has 0 aromatic carbocycles. The van der Waals surface area contributed by atoms with Crippen molar-refractivity contribution in [2.45, 2.75) is 19.0 Å². The Kier molecular flexibility index (Phi) is 10.3. The van der Waals surface area contributed by atoms with Crippen LogP contribution in [0.25, 0.3) is 0 Å². The van der Waals surface area contributed by atoms with Crippen LogP contribution in [0.5, 0.6) is 0 Å². The van der Waals surface area contributed by atoms with E-state index < -0.39 is 12.6 Å². The predicted octanol–water partition coefficient (Wildman–Crippen LogP) is 3.05. The van der Waals surface area contributed by atoms with Crippen molar-refractivity contribution in [1.82, 2.24) is 0 Å². The van der Waals surface area contributed by atoms with Gasteiger partial charge in [-0.25, -0.2) is 0 Å². The Labute approximate surface area is 73.4 Å². The van der Waals surface area contributed by atoms with Crippen LogP contribution >= 0.6 is 19.8 Å². The number of hydrogen-bond acceptors (Lipinski definition) is 0. The van der Waals surface area contributed by atoms with Crippen molar-refractivity contribution < 1.29 is 28.0 Å². The van der Waals surface area contributed by atoms with E-state index >= 15 is 0 Å². The van der Waals surface area contributed by atoms with E-state index in [1.165, 1.54) is 14.8 Å². The normalized spacial score (nSPS) is 10.1. The molecule has 0 fully saturated rings. The van der Waals surface area contributed by atoms with Crippen molar-refractivity contribution in [2.24, 2.45) is 0 Å². The van der Waals surface area contributed by atoms with Crippen LogP contribution in [0.4, 0.5) is 13.2 Å². The molecule has 0 spiro atoms. The average molecular weight is 303 g/mol. The molecule has 0 saturated heterocycles. The topological polar surface area (TPSA) is 0 Å². The molecular weight excluding hydrogens is 297 g/mol. The first-order chi connectivity index (χ1) is 4.06. The molecule has 0 radical (unpaired) electrons. The van der Waals surface area contributed by atoms with E-state index in [4.69, 9.17) is 0 Å². The Hall–Kier alpha value is 1.14. The SMILES string of the molecule is [CH2-]CCC(F)(F)F.[Zn+][I]. The summed E-state index contributed by atoms with van der Waals surface area (Å²) in [5.74, 6) is 0. The third-order valence-electron chi connectivity index (χ3n) is 0.460. The minimum atomic E-state index is -4.01. The maximum atomic E-state index is 11.0. The van der Waals surface area contributed by atoms with E-state index in [0.29, 0.717) is 0 Å². The summed E-state index contributed by atoms with van der Waals surface area (Å²) in [7, 11) is 0. The monoisotopic (exact) mass is 302 g/mol. The Morgan fingerprint density at radius 1 is 1.33 bits per heavy atom. The average Bonchev–Trinajstić information content (AvgIpc) is 1.69. The van der Waals surface area contributed by atoms with Crippen molar-refractivity contribution >= 4 is 19.8 Å². The second kappa shape index (κ2) is 7.25. The second-order valence-corrected chi connectivity index (χ2v) is 1.22. The van der Waals surface area contributed by atoms with Crippen LogP contribution in [0, 0.1) is 6.92 Å². The molecule has 0 nitrogen and oxygen atoms in total. The molecule has 0 aromatic heterocycles. The Bertz CT molecular complexity index is 54.3. The molecule has 0 atom stereocenters. The Balaban J connectivity index is 0. The van der Waals surface area contributed by atoms with Crippen molar-refractivity contribution in [3.05, 3.63) is 6.92 Å². The van der Waals surface area contributed by atoms with Gasteiger partial charge < -0.3 is 6.92 Å². The van der Waals surface area contributed by atoms with Crippen molar-refractivity contribution in [3.8, 4) is 0 Å². The molecule has 0 N–H and O–H groups in total. The first-order valence-corrected chi connectivity index (χ1v) is 11.2. The van der Waals surface area contributed by atoms with Gasteiger partial charge in [-0.2, -0.15) is 19.6 Å². The van der Waals surface area contributed by atoms with Gasteiger partial charge in [0.05, 0.1) is 0 Å². The Morgan fingerprint density at radius 2 is 1.67 bits per heavy atom. The summed E-state index contributed by atoms with van der Waals surface area (Å²) in [5, 5.41) is 0. The summed E-state index contributed by atoms with van der Waals surface area (Å²) in [4.78, 5) is 0. The van der Waals surface area contributed by atoms with Gasteiger partial charge in [-0.3, -0.25) is 0 Å². The molecule has 5 heteroatoms. The first kappa shape index (κ1) is 12.8. The zero-order chi connectivity index (χ0) is 7.91.